The molecule has 0 aromatic rings. The molecule has 10 heteroatoms. The number of nitrogens with two attached hydrogens (primary N) is 1. The Morgan fingerprint density at radius 1 is 1.03 bits per heavy atom. The highest BCUT2D eigenvalue weighted by molar-refractivity contribution is 6.37. The third-order valence-electron chi connectivity index (χ3n) is 8.54. The smallest absolute Gasteiger partial charge is 0.315 e. The van der Waals surface area contributed by atoms with Crippen LogP contribution in [-0.2, 0) is 19.2 Å². The van der Waals surface area contributed by atoms with E-state index in [-0.39, 0.29) is 41.7 Å². The van der Waals surface area contributed by atoms with Crippen molar-refractivity contribution in [1.29, 1.82) is 0 Å². The number of fused-ring (bicyclic) bond motifs is 1. The van der Waals surface area contributed by atoms with Gasteiger partial charge in [-0.15, -0.1) is 0 Å². The molecule has 0 aromatic heterocycles. The Balaban J connectivity index is 1.79. The summed E-state index contributed by atoms with van der Waals surface area (Å²) >= 11 is 0. The Morgan fingerprint density at radius 3 is 2.19 bits per heavy atom. The molecule has 1 heterocycles. The van der Waals surface area contributed by atoms with E-state index in [0.717, 1.165) is 25.7 Å². The maximum absolute atomic E-state index is 13.9. The number of hydrogen-bond donors (Lipinski definition) is 4. The lowest BCUT2D eigenvalue weighted by molar-refractivity contribution is -0.145. The number of carbonyl (C=O) groups excluding carboxylic acids is 5. The van der Waals surface area contributed by atoms with Crippen LogP contribution in [0, 0.1) is 22.7 Å². The van der Waals surface area contributed by atoms with Gasteiger partial charge in [0, 0.05) is 12.6 Å². The van der Waals surface area contributed by atoms with Crippen molar-refractivity contribution in [3.05, 3.63) is 0 Å². The van der Waals surface area contributed by atoms with Crippen molar-refractivity contribution in [3.8, 4) is 0 Å². The normalized spacial score (nSPS) is 26.4. The van der Waals surface area contributed by atoms with E-state index in [2.05, 4.69) is 29.8 Å². The molecule has 0 spiro atoms. The fourth-order valence-electron chi connectivity index (χ4n) is 6.22. The second-order valence-electron chi connectivity index (χ2n) is 12.7. The summed E-state index contributed by atoms with van der Waals surface area (Å²) in [5, 5.41) is 8.62. The Hall–Kier alpha value is -2.65. The molecule has 3 aliphatic rings. The topological polar surface area (TPSA) is 151 Å². The van der Waals surface area contributed by atoms with Gasteiger partial charge in [-0.3, -0.25) is 19.2 Å². The molecule has 208 valence electrons. The Kier molecular flexibility index (Phi) is 8.59. The predicted octanol–water partition coefficient (Wildman–Crippen LogP) is 1.86. The van der Waals surface area contributed by atoms with Crippen molar-refractivity contribution in [2.75, 3.05) is 6.54 Å². The molecule has 3 unspecified atom stereocenters. The van der Waals surface area contributed by atoms with E-state index in [1.54, 1.807) is 4.90 Å². The summed E-state index contributed by atoms with van der Waals surface area (Å²) in [6.07, 6.45) is 6.03. The fraction of sp³-hybridized carbons (Fsp3) is 0.815. The highest BCUT2D eigenvalue weighted by Crippen LogP contribution is 2.65. The Morgan fingerprint density at radius 2 is 1.65 bits per heavy atom. The van der Waals surface area contributed by atoms with Gasteiger partial charge in [-0.2, -0.15) is 0 Å². The highest BCUT2D eigenvalue weighted by atomic mass is 16.2. The van der Waals surface area contributed by atoms with Gasteiger partial charge in [0.25, 0.3) is 5.91 Å². The average Bonchev–Trinajstić information content (AvgIpc) is 3.15. The molecule has 10 nitrogen and oxygen atoms in total. The minimum atomic E-state index is -1.09. The minimum Gasteiger partial charge on any atom is -0.363 e. The number of ketones is 1. The molecule has 37 heavy (non-hydrogen) atoms. The quantitative estimate of drug-likeness (QED) is 0.343. The van der Waals surface area contributed by atoms with Crippen molar-refractivity contribution >= 4 is 29.5 Å². The van der Waals surface area contributed by atoms with Gasteiger partial charge < -0.3 is 26.6 Å². The van der Waals surface area contributed by atoms with E-state index < -0.39 is 41.1 Å². The molecule has 1 saturated heterocycles. The van der Waals surface area contributed by atoms with Gasteiger partial charge in [0.2, 0.25) is 17.6 Å². The molecule has 5 N–H and O–H groups in total. The van der Waals surface area contributed by atoms with Crippen LogP contribution in [0.2, 0.25) is 0 Å². The summed E-state index contributed by atoms with van der Waals surface area (Å²) in [5.74, 6) is -2.64. The fourth-order valence-corrected chi connectivity index (χ4v) is 6.22. The van der Waals surface area contributed by atoms with Crippen LogP contribution in [0.4, 0.5) is 4.79 Å². The summed E-state index contributed by atoms with van der Waals surface area (Å²) in [6.45, 7) is 12.0. The maximum atomic E-state index is 13.9. The van der Waals surface area contributed by atoms with Gasteiger partial charge in [0.05, 0.1) is 6.04 Å². The zero-order chi connectivity index (χ0) is 27.7. The van der Waals surface area contributed by atoms with Crippen LogP contribution in [0.25, 0.3) is 0 Å². The Bertz CT molecular complexity index is 921. The third kappa shape index (κ3) is 6.26. The number of carbonyl (C=O) groups is 5. The number of Topliss-reactive ketones (excluding diaryl/α,β-unsaturated/α-hetero) is 1. The number of primary amides is 1. The minimum absolute atomic E-state index is 0.0703. The van der Waals surface area contributed by atoms with Crippen molar-refractivity contribution < 1.29 is 24.0 Å². The van der Waals surface area contributed by atoms with Crippen LogP contribution in [-0.4, -0.2) is 65.1 Å². The number of piperidine rings is 1. The number of nitrogens with zero attached hydrogens (tertiary/aromatic N) is 1. The van der Waals surface area contributed by atoms with Gasteiger partial charge in [0.15, 0.2) is 0 Å². The van der Waals surface area contributed by atoms with Crippen LogP contribution in [0.15, 0.2) is 0 Å². The molecule has 2 saturated carbocycles. The molecule has 1 aliphatic heterocycles. The summed E-state index contributed by atoms with van der Waals surface area (Å²) in [5.41, 5.74) is 4.47. The van der Waals surface area contributed by atoms with Gasteiger partial charge >= 0.3 is 6.03 Å². The third-order valence-corrected chi connectivity index (χ3v) is 8.54. The van der Waals surface area contributed by atoms with Crippen LogP contribution >= 0.6 is 0 Å². The predicted molar refractivity (Wildman–Crippen MR) is 139 cm³/mol. The van der Waals surface area contributed by atoms with Gasteiger partial charge in [-0.1, -0.05) is 67.2 Å². The number of amides is 5. The van der Waals surface area contributed by atoms with Gasteiger partial charge in [0.1, 0.15) is 12.1 Å². The van der Waals surface area contributed by atoms with Crippen molar-refractivity contribution in [3.63, 3.8) is 0 Å². The molecule has 2 aliphatic carbocycles. The first-order valence-corrected chi connectivity index (χ1v) is 13.7. The monoisotopic (exact) mass is 519 g/mol. The van der Waals surface area contributed by atoms with Crippen LogP contribution in [0.3, 0.4) is 0 Å². The summed E-state index contributed by atoms with van der Waals surface area (Å²) < 4.78 is 0. The van der Waals surface area contributed by atoms with E-state index in [9.17, 15) is 24.0 Å². The SMILES string of the molecule is CCCC(NC(=O)[C@@H]1C2C(CN1C(=O)[C@@H](NC(=O)NC1CCCCC1)C(C)(C)C)C2(C)C)C(=O)C(N)=O. The highest BCUT2D eigenvalue weighted by Gasteiger charge is 2.69. The number of rotatable bonds is 9. The Labute approximate surface area is 220 Å². The van der Waals surface area contributed by atoms with E-state index in [1.807, 2.05) is 27.7 Å². The molecule has 3 rings (SSSR count). The zero-order valence-electron chi connectivity index (χ0n) is 23.2. The van der Waals surface area contributed by atoms with Gasteiger partial charge in [-0.25, -0.2) is 4.79 Å². The second kappa shape index (κ2) is 11.0. The summed E-state index contributed by atoms with van der Waals surface area (Å²) in [4.78, 5) is 65.8. The first-order chi connectivity index (χ1) is 17.2. The molecule has 5 atom stereocenters. The van der Waals surface area contributed by atoms with E-state index in [4.69, 9.17) is 5.73 Å². The first kappa shape index (κ1) is 28.9. The molecule has 0 aromatic carbocycles. The van der Waals surface area contributed by atoms with Gasteiger partial charge in [-0.05, 0) is 41.9 Å². The lowest BCUT2D eigenvalue weighted by atomic mass is 9.85. The van der Waals surface area contributed by atoms with Crippen molar-refractivity contribution in [2.45, 2.75) is 111 Å². The first-order valence-electron chi connectivity index (χ1n) is 13.7. The largest absolute Gasteiger partial charge is 0.363 e. The van der Waals surface area contributed by atoms with E-state index in [1.165, 1.54) is 6.42 Å². The summed E-state index contributed by atoms with van der Waals surface area (Å²) in [6, 6.07) is -2.93. The molecular weight excluding hydrogens is 474 g/mol. The zero-order valence-corrected chi connectivity index (χ0v) is 23.2. The number of nitrogens with one attached hydrogen (secondary N) is 3. The van der Waals surface area contributed by atoms with E-state index in [0.29, 0.717) is 13.0 Å². The molecule has 0 bridgehead atoms. The lowest BCUT2D eigenvalue weighted by Gasteiger charge is -2.38. The number of hydrogen-bond acceptors (Lipinski definition) is 5. The molecule has 5 amide bonds. The maximum Gasteiger partial charge on any atom is 0.315 e. The lowest BCUT2D eigenvalue weighted by Crippen LogP contribution is -2.61. The van der Waals surface area contributed by atoms with Crippen molar-refractivity contribution in [1.82, 2.24) is 20.9 Å². The number of urea groups is 1. The summed E-state index contributed by atoms with van der Waals surface area (Å²) in [7, 11) is 0. The average molecular weight is 520 g/mol. The number of likely N-dealkylation sites (tertiary alicyclic amines) is 1. The molecule has 0 radical (unpaired) electrons. The second-order valence-corrected chi connectivity index (χ2v) is 12.7. The molecule has 3 fully saturated rings. The van der Waals surface area contributed by atoms with Crippen LogP contribution in [0.5, 0.6) is 0 Å². The van der Waals surface area contributed by atoms with Crippen LogP contribution < -0.4 is 21.7 Å². The van der Waals surface area contributed by atoms with E-state index >= 15 is 0 Å². The molecular formula is C27H45N5O5. The standard InChI is InChI=1S/C27H45N5O5/c1-7-11-17(20(33)22(28)34)30-23(35)19-18-16(27(18,5)6)14-32(19)24(36)21(26(2,3)4)31-25(37)29-15-12-9-8-10-13-15/h15-19,21H,7-14H2,1-6H3,(H2,28,34)(H,30,35)(H2,29,31,37)/t16?,17?,18?,19-,21+/m0/s1. The van der Waals surface area contributed by atoms with Crippen LogP contribution in [0.1, 0.15) is 86.5 Å². The van der Waals surface area contributed by atoms with Crippen molar-refractivity contribution in [2.24, 2.45) is 28.4 Å².